The van der Waals surface area contributed by atoms with E-state index < -0.39 is 0 Å². The van der Waals surface area contributed by atoms with Gasteiger partial charge < -0.3 is 5.32 Å². The fraction of sp³-hybridized carbons (Fsp3) is 0.417. The first kappa shape index (κ1) is 13.5. The number of nitrogens with one attached hydrogen (secondary N) is 1. The van der Waals surface area contributed by atoms with Crippen LogP contribution in [0.3, 0.4) is 0 Å². The number of hydrogen-bond acceptors (Lipinski definition) is 1. The molecule has 1 aromatic rings. The lowest BCUT2D eigenvalue weighted by molar-refractivity contribution is -0.121. The van der Waals surface area contributed by atoms with Crippen LogP contribution in [0.2, 0.25) is 0 Å². The van der Waals surface area contributed by atoms with E-state index in [0.717, 1.165) is 16.5 Å². The molecule has 1 unspecified atom stereocenters. The molecule has 0 aliphatic carbocycles. The van der Waals surface area contributed by atoms with E-state index in [1.54, 1.807) is 0 Å². The second-order valence-electron chi connectivity index (χ2n) is 3.63. The van der Waals surface area contributed by atoms with Crippen molar-refractivity contribution in [2.75, 3.05) is 5.88 Å². The van der Waals surface area contributed by atoms with Gasteiger partial charge >= 0.3 is 0 Å². The van der Waals surface area contributed by atoms with Gasteiger partial charge in [-0.3, -0.25) is 4.79 Å². The summed E-state index contributed by atoms with van der Waals surface area (Å²) in [6.07, 6.45) is 1.21. The second-order valence-corrected chi connectivity index (χ2v) is 4.93. The van der Waals surface area contributed by atoms with E-state index in [2.05, 4.69) is 21.2 Å². The molecule has 16 heavy (non-hydrogen) atoms. The number of hydrogen-bond donors (Lipinski definition) is 1. The molecule has 0 saturated heterocycles. The summed E-state index contributed by atoms with van der Waals surface area (Å²) in [6.45, 7) is 1.97. The highest BCUT2D eigenvalue weighted by Crippen LogP contribution is 2.16. The van der Waals surface area contributed by atoms with Gasteiger partial charge in [-0.15, -0.1) is 11.6 Å². The maximum absolute atomic E-state index is 11.5. The molecule has 0 saturated carbocycles. The number of halogens is 2. The molecular weight excluding hydrogens is 289 g/mol. The van der Waals surface area contributed by atoms with Crippen molar-refractivity contribution in [1.82, 2.24) is 5.32 Å². The number of carbonyl (C=O) groups is 1. The van der Waals surface area contributed by atoms with Crippen molar-refractivity contribution in [3.63, 3.8) is 0 Å². The van der Waals surface area contributed by atoms with Crippen molar-refractivity contribution in [1.29, 1.82) is 0 Å². The fourth-order valence-corrected chi connectivity index (χ4v) is 1.77. The third-order valence-electron chi connectivity index (χ3n) is 2.28. The summed E-state index contributed by atoms with van der Waals surface area (Å²) in [5.41, 5.74) is 1.10. The summed E-state index contributed by atoms with van der Waals surface area (Å²) in [5.74, 6) is 0.580. The van der Waals surface area contributed by atoms with Gasteiger partial charge in [-0.2, -0.15) is 0 Å². The summed E-state index contributed by atoms with van der Waals surface area (Å²) in [4.78, 5) is 11.5. The molecule has 1 N–H and O–H groups in total. The van der Waals surface area contributed by atoms with Crippen molar-refractivity contribution in [3.05, 3.63) is 34.3 Å². The van der Waals surface area contributed by atoms with Crippen LogP contribution in [-0.2, 0) is 4.79 Å². The lowest BCUT2D eigenvalue weighted by Crippen LogP contribution is -2.26. The highest BCUT2D eigenvalue weighted by Gasteiger charge is 2.08. The molecule has 4 heteroatoms. The molecule has 1 rings (SSSR count). The molecule has 0 heterocycles. The monoisotopic (exact) mass is 303 g/mol. The summed E-state index contributed by atoms with van der Waals surface area (Å²) in [5, 5.41) is 2.94. The van der Waals surface area contributed by atoms with Gasteiger partial charge in [0.25, 0.3) is 0 Å². The van der Waals surface area contributed by atoms with Crippen molar-refractivity contribution >= 4 is 33.4 Å². The van der Waals surface area contributed by atoms with E-state index in [1.807, 2.05) is 31.2 Å². The summed E-state index contributed by atoms with van der Waals surface area (Å²) >= 11 is 8.91. The number of benzene rings is 1. The van der Waals surface area contributed by atoms with Crippen molar-refractivity contribution in [2.24, 2.45) is 0 Å². The lowest BCUT2D eigenvalue weighted by Gasteiger charge is -2.14. The Hall–Kier alpha value is -0.540. The van der Waals surface area contributed by atoms with Crippen molar-refractivity contribution in [2.45, 2.75) is 25.8 Å². The Morgan fingerprint density at radius 2 is 2.06 bits per heavy atom. The topological polar surface area (TPSA) is 29.1 Å². The maximum atomic E-state index is 11.5. The summed E-state index contributed by atoms with van der Waals surface area (Å²) < 4.78 is 1.04. The number of carbonyl (C=O) groups excluding carboxylic acids is 1. The van der Waals surface area contributed by atoms with Crippen molar-refractivity contribution in [3.8, 4) is 0 Å². The molecule has 0 fully saturated rings. The lowest BCUT2D eigenvalue weighted by atomic mass is 10.1. The Morgan fingerprint density at radius 1 is 1.44 bits per heavy atom. The zero-order valence-electron chi connectivity index (χ0n) is 9.17. The van der Waals surface area contributed by atoms with Gasteiger partial charge in [-0.1, -0.05) is 28.1 Å². The van der Waals surface area contributed by atoms with E-state index in [4.69, 9.17) is 11.6 Å². The molecule has 88 valence electrons. The minimum absolute atomic E-state index is 0.0379. The van der Waals surface area contributed by atoms with Crippen LogP contribution >= 0.6 is 27.5 Å². The first-order valence-electron chi connectivity index (χ1n) is 5.24. The molecule has 0 spiro atoms. The van der Waals surface area contributed by atoms with Gasteiger partial charge in [0, 0.05) is 16.8 Å². The zero-order valence-corrected chi connectivity index (χ0v) is 11.5. The van der Waals surface area contributed by atoms with Crippen LogP contribution in [0, 0.1) is 0 Å². The Balaban J connectivity index is 2.48. The molecule has 1 atom stereocenters. The van der Waals surface area contributed by atoms with Gasteiger partial charge in [0.1, 0.15) is 0 Å². The molecule has 1 amide bonds. The van der Waals surface area contributed by atoms with E-state index in [0.29, 0.717) is 12.3 Å². The first-order valence-corrected chi connectivity index (χ1v) is 6.57. The quantitative estimate of drug-likeness (QED) is 0.827. The van der Waals surface area contributed by atoms with Crippen LogP contribution in [0.4, 0.5) is 0 Å². The van der Waals surface area contributed by atoms with E-state index in [1.165, 1.54) is 0 Å². The molecule has 2 nitrogen and oxygen atoms in total. The Labute approximate surface area is 110 Å². The highest BCUT2D eigenvalue weighted by atomic mass is 79.9. The van der Waals surface area contributed by atoms with Gasteiger partial charge in [-0.05, 0) is 31.0 Å². The molecule has 0 aliphatic rings. The van der Waals surface area contributed by atoms with Crippen LogP contribution < -0.4 is 5.32 Å². The molecule has 0 aliphatic heterocycles. The van der Waals surface area contributed by atoms with Crippen LogP contribution in [0.1, 0.15) is 31.4 Å². The number of rotatable bonds is 5. The first-order chi connectivity index (χ1) is 7.63. The van der Waals surface area contributed by atoms with Gasteiger partial charge in [0.2, 0.25) is 5.91 Å². The third kappa shape index (κ3) is 4.54. The predicted molar refractivity (Wildman–Crippen MR) is 70.7 cm³/mol. The molecular formula is C12H15BrClNO. The Kier molecular flexibility index (Phi) is 5.85. The van der Waals surface area contributed by atoms with Crippen LogP contribution in [0.5, 0.6) is 0 Å². The summed E-state index contributed by atoms with van der Waals surface area (Å²) in [7, 11) is 0. The SMILES string of the molecule is CC(NC(=O)CCCCl)c1ccc(Br)cc1. The fourth-order valence-electron chi connectivity index (χ4n) is 1.38. The minimum Gasteiger partial charge on any atom is -0.350 e. The molecule has 0 bridgehead atoms. The third-order valence-corrected chi connectivity index (χ3v) is 3.08. The molecule has 0 radical (unpaired) electrons. The summed E-state index contributed by atoms with van der Waals surface area (Å²) in [6, 6.07) is 7.97. The number of alkyl halides is 1. The minimum atomic E-state index is 0.0379. The zero-order chi connectivity index (χ0) is 12.0. The Morgan fingerprint density at radius 3 is 2.62 bits per heavy atom. The maximum Gasteiger partial charge on any atom is 0.220 e. The molecule has 0 aromatic heterocycles. The largest absolute Gasteiger partial charge is 0.350 e. The van der Waals surface area contributed by atoms with E-state index in [-0.39, 0.29) is 11.9 Å². The second kappa shape index (κ2) is 6.92. The highest BCUT2D eigenvalue weighted by molar-refractivity contribution is 9.10. The van der Waals surface area contributed by atoms with E-state index in [9.17, 15) is 4.79 Å². The molecule has 1 aromatic carbocycles. The average molecular weight is 305 g/mol. The standard InChI is InChI=1S/C12H15BrClNO/c1-9(15-12(16)3-2-8-14)10-4-6-11(13)7-5-10/h4-7,9H,2-3,8H2,1H3,(H,15,16). The van der Waals surface area contributed by atoms with Crippen molar-refractivity contribution < 1.29 is 4.79 Å². The van der Waals surface area contributed by atoms with Crippen LogP contribution in [0.15, 0.2) is 28.7 Å². The van der Waals surface area contributed by atoms with Crippen LogP contribution in [0.25, 0.3) is 0 Å². The predicted octanol–water partition coefficient (Wildman–Crippen LogP) is 3.65. The normalized spacial score (nSPS) is 12.2. The Bertz CT molecular complexity index is 339. The average Bonchev–Trinajstić information content (AvgIpc) is 2.27. The smallest absolute Gasteiger partial charge is 0.220 e. The number of amides is 1. The van der Waals surface area contributed by atoms with Gasteiger partial charge in [0.05, 0.1) is 6.04 Å². The van der Waals surface area contributed by atoms with Gasteiger partial charge in [0.15, 0.2) is 0 Å². The van der Waals surface area contributed by atoms with E-state index >= 15 is 0 Å². The van der Waals surface area contributed by atoms with Gasteiger partial charge in [-0.25, -0.2) is 0 Å². The van der Waals surface area contributed by atoms with Crippen LogP contribution in [-0.4, -0.2) is 11.8 Å².